The molecule has 0 amide bonds. The van der Waals surface area contributed by atoms with Crippen LogP contribution in [0.15, 0.2) is 48.5 Å². The van der Waals surface area contributed by atoms with Gasteiger partial charge in [-0.2, -0.15) is 0 Å². The summed E-state index contributed by atoms with van der Waals surface area (Å²) in [6.45, 7) is 3.55. The number of nitrogens with two attached hydrogens (primary N) is 1. The molecule has 0 aromatic heterocycles. The van der Waals surface area contributed by atoms with Crippen molar-refractivity contribution in [3.63, 3.8) is 0 Å². The first kappa shape index (κ1) is 17.4. The number of rotatable bonds is 9. The van der Waals surface area contributed by atoms with E-state index < -0.39 is 0 Å². The second kappa shape index (κ2) is 9.21. The van der Waals surface area contributed by atoms with Gasteiger partial charge in [-0.15, -0.1) is 0 Å². The van der Waals surface area contributed by atoms with E-state index in [2.05, 4.69) is 37.3 Å². The van der Waals surface area contributed by atoms with E-state index in [4.69, 9.17) is 15.2 Å². The van der Waals surface area contributed by atoms with Gasteiger partial charge in [0.1, 0.15) is 11.5 Å². The summed E-state index contributed by atoms with van der Waals surface area (Å²) < 4.78 is 11.1. The molecule has 0 aliphatic rings. The number of ether oxygens (including phenoxy) is 2. The number of methoxy groups -OCH3 is 1. The molecule has 2 rings (SSSR count). The molecule has 0 aliphatic carbocycles. The van der Waals surface area contributed by atoms with Gasteiger partial charge >= 0.3 is 0 Å². The predicted octanol–water partition coefficient (Wildman–Crippen LogP) is 4.16. The third-order valence-electron chi connectivity index (χ3n) is 4.00. The maximum atomic E-state index is 6.01. The Bertz CT molecular complexity index is 598. The Morgan fingerprint density at radius 2 is 1.83 bits per heavy atom. The van der Waals surface area contributed by atoms with Crippen LogP contribution in [0.3, 0.4) is 0 Å². The van der Waals surface area contributed by atoms with Crippen LogP contribution in [0.1, 0.15) is 36.8 Å². The average molecular weight is 313 g/mol. The first-order chi connectivity index (χ1) is 11.3. The molecule has 2 aromatic carbocycles. The molecule has 124 valence electrons. The van der Waals surface area contributed by atoms with E-state index in [0.29, 0.717) is 6.54 Å². The van der Waals surface area contributed by atoms with Gasteiger partial charge in [0.25, 0.3) is 0 Å². The van der Waals surface area contributed by atoms with E-state index in [1.807, 2.05) is 18.2 Å². The van der Waals surface area contributed by atoms with Crippen molar-refractivity contribution in [1.29, 1.82) is 0 Å². The van der Waals surface area contributed by atoms with Crippen LogP contribution in [0, 0.1) is 0 Å². The first-order valence-corrected chi connectivity index (χ1v) is 8.32. The highest BCUT2D eigenvalue weighted by molar-refractivity contribution is 5.34. The van der Waals surface area contributed by atoms with Gasteiger partial charge in [0.2, 0.25) is 0 Å². The second-order valence-corrected chi connectivity index (χ2v) is 5.76. The minimum Gasteiger partial charge on any atom is -0.497 e. The number of benzene rings is 2. The van der Waals surface area contributed by atoms with E-state index in [1.54, 1.807) is 7.11 Å². The molecule has 23 heavy (non-hydrogen) atoms. The van der Waals surface area contributed by atoms with Crippen LogP contribution in [0.25, 0.3) is 0 Å². The lowest BCUT2D eigenvalue weighted by molar-refractivity contribution is 0.309. The zero-order chi connectivity index (χ0) is 16.5. The first-order valence-electron chi connectivity index (χ1n) is 8.32. The fourth-order valence-electron chi connectivity index (χ4n) is 2.61. The van der Waals surface area contributed by atoms with E-state index >= 15 is 0 Å². The third kappa shape index (κ3) is 5.29. The highest BCUT2D eigenvalue weighted by atomic mass is 16.5. The lowest BCUT2D eigenvalue weighted by Gasteiger charge is -2.17. The van der Waals surface area contributed by atoms with Gasteiger partial charge in [-0.3, -0.25) is 0 Å². The lowest BCUT2D eigenvalue weighted by Crippen LogP contribution is -2.15. The summed E-state index contributed by atoms with van der Waals surface area (Å²) >= 11 is 0. The molecule has 0 aliphatic heterocycles. The van der Waals surface area contributed by atoms with Gasteiger partial charge in [0.15, 0.2) is 0 Å². The summed E-state index contributed by atoms with van der Waals surface area (Å²) in [5.41, 5.74) is 8.47. The van der Waals surface area contributed by atoms with Gasteiger partial charge in [-0.05, 0) is 54.8 Å². The molecule has 0 fully saturated rings. The van der Waals surface area contributed by atoms with Gasteiger partial charge in [0, 0.05) is 5.92 Å². The zero-order valence-corrected chi connectivity index (χ0v) is 14.1. The van der Waals surface area contributed by atoms with Crippen LogP contribution >= 0.6 is 0 Å². The fourth-order valence-corrected chi connectivity index (χ4v) is 2.61. The molecule has 3 heteroatoms. The molecular formula is C20H27NO2. The van der Waals surface area contributed by atoms with Gasteiger partial charge < -0.3 is 15.2 Å². The van der Waals surface area contributed by atoms with Crippen LogP contribution in [0.5, 0.6) is 11.5 Å². The van der Waals surface area contributed by atoms with Gasteiger partial charge in [-0.1, -0.05) is 37.6 Å². The predicted molar refractivity (Wildman–Crippen MR) is 95.3 cm³/mol. The largest absolute Gasteiger partial charge is 0.497 e. The smallest absolute Gasteiger partial charge is 0.119 e. The van der Waals surface area contributed by atoms with Crippen molar-refractivity contribution in [2.24, 2.45) is 5.73 Å². The topological polar surface area (TPSA) is 44.5 Å². The monoisotopic (exact) mass is 313 g/mol. The maximum absolute atomic E-state index is 6.01. The lowest BCUT2D eigenvalue weighted by atomic mass is 9.92. The minimum atomic E-state index is 0.274. The second-order valence-electron chi connectivity index (χ2n) is 5.76. The molecule has 0 radical (unpaired) electrons. The van der Waals surface area contributed by atoms with Crippen molar-refractivity contribution in [1.82, 2.24) is 0 Å². The molecule has 0 saturated carbocycles. The Kier molecular flexibility index (Phi) is 6.95. The summed E-state index contributed by atoms with van der Waals surface area (Å²) in [4.78, 5) is 0. The van der Waals surface area contributed by atoms with E-state index in [-0.39, 0.29) is 5.92 Å². The Labute approximate surface area is 139 Å². The summed E-state index contributed by atoms with van der Waals surface area (Å²) in [5.74, 6) is 2.09. The highest BCUT2D eigenvalue weighted by Crippen LogP contribution is 2.25. The quantitative estimate of drug-likeness (QED) is 0.707. The molecule has 0 bridgehead atoms. The van der Waals surface area contributed by atoms with Crippen molar-refractivity contribution in [3.8, 4) is 11.5 Å². The molecule has 0 heterocycles. The molecule has 2 N–H and O–H groups in total. The standard InChI is InChI=1S/C20H27NO2/c1-3-4-11-23-20-10-5-7-16(13-20)12-18(15-21)17-8-6-9-19(14-17)22-2/h5-10,13-14,18H,3-4,11-12,15,21H2,1-2H3. The van der Waals surface area contributed by atoms with Crippen molar-refractivity contribution in [2.45, 2.75) is 32.1 Å². The summed E-state index contributed by atoms with van der Waals surface area (Å²) in [6.07, 6.45) is 3.12. The van der Waals surface area contributed by atoms with E-state index in [9.17, 15) is 0 Å². The van der Waals surface area contributed by atoms with E-state index in [0.717, 1.165) is 37.4 Å². The Balaban J connectivity index is 2.07. The normalized spacial score (nSPS) is 12.0. The number of hydrogen-bond acceptors (Lipinski definition) is 3. The van der Waals surface area contributed by atoms with Crippen molar-refractivity contribution >= 4 is 0 Å². The van der Waals surface area contributed by atoms with Crippen molar-refractivity contribution < 1.29 is 9.47 Å². The van der Waals surface area contributed by atoms with Crippen molar-refractivity contribution in [3.05, 3.63) is 59.7 Å². The van der Waals surface area contributed by atoms with Crippen molar-refractivity contribution in [2.75, 3.05) is 20.3 Å². The van der Waals surface area contributed by atoms with Crippen LogP contribution in [-0.2, 0) is 6.42 Å². The fraction of sp³-hybridized carbons (Fsp3) is 0.400. The summed E-state index contributed by atoms with van der Waals surface area (Å²) in [7, 11) is 1.69. The zero-order valence-electron chi connectivity index (χ0n) is 14.1. The van der Waals surface area contributed by atoms with Crippen LogP contribution in [0.2, 0.25) is 0 Å². The number of unbranched alkanes of at least 4 members (excludes halogenated alkanes) is 1. The Hall–Kier alpha value is -2.00. The Morgan fingerprint density at radius 1 is 1.04 bits per heavy atom. The molecule has 2 aromatic rings. The van der Waals surface area contributed by atoms with Crippen LogP contribution in [0.4, 0.5) is 0 Å². The van der Waals surface area contributed by atoms with Gasteiger partial charge in [-0.25, -0.2) is 0 Å². The molecule has 0 saturated heterocycles. The van der Waals surface area contributed by atoms with Gasteiger partial charge in [0.05, 0.1) is 13.7 Å². The SMILES string of the molecule is CCCCOc1cccc(CC(CN)c2cccc(OC)c2)c1. The van der Waals surface area contributed by atoms with Crippen LogP contribution in [-0.4, -0.2) is 20.3 Å². The number of hydrogen-bond donors (Lipinski definition) is 1. The highest BCUT2D eigenvalue weighted by Gasteiger charge is 2.12. The average Bonchev–Trinajstić information content (AvgIpc) is 2.60. The summed E-state index contributed by atoms with van der Waals surface area (Å²) in [6, 6.07) is 16.5. The molecule has 0 spiro atoms. The molecule has 1 atom stereocenters. The molecule has 3 nitrogen and oxygen atoms in total. The maximum Gasteiger partial charge on any atom is 0.119 e. The van der Waals surface area contributed by atoms with Crippen LogP contribution < -0.4 is 15.2 Å². The molecule has 1 unspecified atom stereocenters. The third-order valence-corrected chi connectivity index (χ3v) is 4.00. The Morgan fingerprint density at radius 3 is 2.57 bits per heavy atom. The molecular weight excluding hydrogens is 286 g/mol. The summed E-state index contributed by atoms with van der Waals surface area (Å²) in [5, 5.41) is 0. The minimum absolute atomic E-state index is 0.274. The van der Waals surface area contributed by atoms with E-state index in [1.165, 1.54) is 11.1 Å².